The molecule has 0 fully saturated rings. The average molecular weight is 182 g/mol. The van der Waals surface area contributed by atoms with Crippen molar-refractivity contribution < 1.29 is 9.63 Å². The lowest BCUT2D eigenvalue weighted by atomic mass is 9.93. The number of hydrogen-bond acceptors (Lipinski definition) is 3. The Kier molecular flexibility index (Phi) is 2.40. The summed E-state index contributed by atoms with van der Waals surface area (Å²) < 4.78 is 0. The van der Waals surface area contributed by atoms with E-state index >= 15 is 0 Å². The van der Waals surface area contributed by atoms with Gasteiger partial charge in [-0.25, -0.2) is 4.79 Å². The van der Waals surface area contributed by atoms with Crippen LogP contribution < -0.4 is 4.84 Å². The van der Waals surface area contributed by atoms with Gasteiger partial charge in [-0.1, -0.05) is 25.6 Å². The lowest BCUT2D eigenvalue weighted by Crippen LogP contribution is -2.19. The van der Waals surface area contributed by atoms with Gasteiger partial charge in [0.2, 0.25) is 0 Å². The number of rotatable bonds is 1. The molecule has 0 aliphatic rings. The minimum Gasteiger partial charge on any atom is -0.320 e. The van der Waals surface area contributed by atoms with Crippen LogP contribution in [0.1, 0.15) is 33.4 Å². The van der Waals surface area contributed by atoms with Gasteiger partial charge < -0.3 is 4.84 Å². The van der Waals surface area contributed by atoms with E-state index in [2.05, 4.69) is 5.10 Å². The van der Waals surface area contributed by atoms with Crippen LogP contribution in [0, 0.1) is 0 Å². The van der Waals surface area contributed by atoms with Crippen LogP contribution in [-0.2, 0) is 10.2 Å². The van der Waals surface area contributed by atoms with Gasteiger partial charge in [0.1, 0.15) is 0 Å². The molecule has 0 aromatic carbocycles. The number of aromatic nitrogens is 2. The van der Waals surface area contributed by atoms with Gasteiger partial charge in [-0.3, -0.25) is 0 Å². The van der Waals surface area contributed by atoms with Crippen molar-refractivity contribution >= 4 is 5.97 Å². The molecule has 1 aromatic heterocycles. The largest absolute Gasteiger partial charge is 0.331 e. The first-order valence-corrected chi connectivity index (χ1v) is 4.14. The quantitative estimate of drug-likeness (QED) is 0.654. The maximum atomic E-state index is 10.6. The fraction of sp³-hybridized carbons (Fsp3) is 0.556. The summed E-state index contributed by atoms with van der Waals surface area (Å²) >= 11 is 0. The van der Waals surface area contributed by atoms with Gasteiger partial charge in [0, 0.05) is 12.3 Å². The maximum Gasteiger partial charge on any atom is 0.331 e. The third-order valence-corrected chi connectivity index (χ3v) is 1.56. The molecule has 1 aromatic rings. The van der Waals surface area contributed by atoms with Crippen LogP contribution >= 0.6 is 0 Å². The second-order valence-electron chi connectivity index (χ2n) is 3.94. The molecule has 0 N–H and O–H groups in total. The Morgan fingerprint density at radius 1 is 1.54 bits per heavy atom. The molecule has 0 saturated heterocycles. The number of carbonyl (C=O) groups excluding carboxylic acids is 1. The van der Waals surface area contributed by atoms with Crippen molar-refractivity contribution in [1.29, 1.82) is 0 Å². The summed E-state index contributed by atoms with van der Waals surface area (Å²) in [5.74, 6) is -0.372. The molecule has 0 spiro atoms. The summed E-state index contributed by atoms with van der Waals surface area (Å²) in [6.45, 7) is 7.49. The zero-order valence-corrected chi connectivity index (χ0v) is 8.37. The van der Waals surface area contributed by atoms with Crippen LogP contribution in [0.2, 0.25) is 0 Å². The Labute approximate surface area is 77.5 Å². The van der Waals surface area contributed by atoms with Crippen molar-refractivity contribution in [2.75, 3.05) is 0 Å². The van der Waals surface area contributed by atoms with Crippen LogP contribution in [0.15, 0.2) is 12.3 Å². The summed E-state index contributed by atoms with van der Waals surface area (Å²) in [5.41, 5.74) is 0.875. The fourth-order valence-corrected chi connectivity index (χ4v) is 0.890. The predicted molar refractivity (Wildman–Crippen MR) is 48.2 cm³/mol. The van der Waals surface area contributed by atoms with Crippen LogP contribution in [0.4, 0.5) is 0 Å². The molecule has 1 rings (SSSR count). The van der Waals surface area contributed by atoms with Gasteiger partial charge in [-0.05, 0) is 6.07 Å². The Morgan fingerprint density at radius 3 is 2.54 bits per heavy atom. The van der Waals surface area contributed by atoms with Crippen molar-refractivity contribution in [2.45, 2.75) is 33.1 Å². The van der Waals surface area contributed by atoms with Crippen LogP contribution in [0.5, 0.6) is 0 Å². The lowest BCUT2D eigenvalue weighted by molar-refractivity contribution is -0.143. The van der Waals surface area contributed by atoms with Gasteiger partial charge in [0.25, 0.3) is 0 Å². The van der Waals surface area contributed by atoms with E-state index in [-0.39, 0.29) is 11.4 Å². The van der Waals surface area contributed by atoms with E-state index in [0.29, 0.717) is 0 Å². The normalized spacial score (nSPS) is 11.4. The molecular weight excluding hydrogens is 168 g/mol. The molecule has 0 aliphatic carbocycles. The molecule has 0 atom stereocenters. The standard InChI is InChI=1S/C9H14N2O2/c1-7(12)13-11-6-5-8(10-11)9(2,3)4/h5-6H,1-4H3. The molecule has 0 saturated carbocycles. The number of hydrogen-bond donors (Lipinski definition) is 0. The zero-order valence-electron chi connectivity index (χ0n) is 8.37. The third kappa shape index (κ3) is 2.57. The molecule has 72 valence electrons. The predicted octanol–water partition coefficient (Wildman–Crippen LogP) is 1.16. The van der Waals surface area contributed by atoms with E-state index in [9.17, 15) is 4.79 Å². The van der Waals surface area contributed by atoms with Crippen molar-refractivity contribution in [2.24, 2.45) is 0 Å². The van der Waals surface area contributed by atoms with E-state index in [4.69, 9.17) is 4.84 Å². The first-order valence-electron chi connectivity index (χ1n) is 4.14. The van der Waals surface area contributed by atoms with Crippen molar-refractivity contribution in [1.82, 2.24) is 9.94 Å². The fourth-order valence-electron chi connectivity index (χ4n) is 0.890. The molecule has 0 unspecified atom stereocenters. The van der Waals surface area contributed by atoms with Crippen LogP contribution in [0.3, 0.4) is 0 Å². The maximum absolute atomic E-state index is 10.6. The molecular formula is C9H14N2O2. The van der Waals surface area contributed by atoms with E-state index in [1.807, 2.05) is 26.8 Å². The van der Waals surface area contributed by atoms with E-state index < -0.39 is 0 Å². The van der Waals surface area contributed by atoms with Crippen molar-refractivity contribution in [3.8, 4) is 0 Å². The van der Waals surface area contributed by atoms with Crippen molar-refractivity contribution in [3.05, 3.63) is 18.0 Å². The van der Waals surface area contributed by atoms with E-state index in [1.54, 1.807) is 6.20 Å². The monoisotopic (exact) mass is 182 g/mol. The molecule has 1 heterocycles. The van der Waals surface area contributed by atoms with Gasteiger partial charge in [0.05, 0.1) is 11.9 Å². The molecule has 0 bridgehead atoms. The Hall–Kier alpha value is -1.32. The molecule has 4 nitrogen and oxygen atoms in total. The number of nitrogens with zero attached hydrogens (tertiary/aromatic N) is 2. The first kappa shape index (κ1) is 9.77. The second-order valence-corrected chi connectivity index (χ2v) is 3.94. The minimum absolute atomic E-state index is 0.0224. The van der Waals surface area contributed by atoms with E-state index in [0.717, 1.165) is 5.69 Å². The smallest absolute Gasteiger partial charge is 0.320 e. The van der Waals surface area contributed by atoms with Gasteiger partial charge >= 0.3 is 5.97 Å². The lowest BCUT2D eigenvalue weighted by Gasteiger charge is -2.13. The average Bonchev–Trinajstić information content (AvgIpc) is 2.32. The Balaban J connectivity index is 2.81. The number of carbonyl (C=O) groups is 1. The summed E-state index contributed by atoms with van der Waals surface area (Å²) in [4.78, 5) is 16.5. The topological polar surface area (TPSA) is 44.1 Å². The molecule has 0 aliphatic heterocycles. The second kappa shape index (κ2) is 3.20. The zero-order chi connectivity index (χ0) is 10.1. The molecule has 0 radical (unpaired) electrons. The SMILES string of the molecule is CC(=O)On1ccc(C(C)(C)C)n1. The molecule has 13 heavy (non-hydrogen) atoms. The molecule has 0 amide bonds. The summed E-state index contributed by atoms with van der Waals surface area (Å²) in [5, 5.41) is 4.10. The van der Waals surface area contributed by atoms with E-state index in [1.165, 1.54) is 11.8 Å². The van der Waals surface area contributed by atoms with Gasteiger partial charge in [0.15, 0.2) is 0 Å². The highest BCUT2D eigenvalue weighted by molar-refractivity contribution is 5.66. The Bertz CT molecular complexity index is 310. The highest BCUT2D eigenvalue weighted by Gasteiger charge is 2.17. The van der Waals surface area contributed by atoms with Crippen LogP contribution in [-0.4, -0.2) is 15.9 Å². The van der Waals surface area contributed by atoms with Gasteiger partial charge in [-0.15, -0.1) is 5.10 Å². The van der Waals surface area contributed by atoms with Crippen LogP contribution in [0.25, 0.3) is 0 Å². The highest BCUT2D eigenvalue weighted by Crippen LogP contribution is 2.18. The summed E-state index contributed by atoms with van der Waals surface area (Å²) in [6.07, 6.45) is 1.63. The highest BCUT2D eigenvalue weighted by atomic mass is 16.7. The third-order valence-electron chi connectivity index (χ3n) is 1.56. The first-order chi connectivity index (χ1) is 5.89. The van der Waals surface area contributed by atoms with Crippen molar-refractivity contribution in [3.63, 3.8) is 0 Å². The van der Waals surface area contributed by atoms with Gasteiger partial charge in [-0.2, -0.15) is 0 Å². The summed E-state index contributed by atoms with van der Waals surface area (Å²) in [7, 11) is 0. The minimum atomic E-state index is -0.372. The Morgan fingerprint density at radius 2 is 2.15 bits per heavy atom. The summed E-state index contributed by atoms with van der Waals surface area (Å²) in [6, 6.07) is 1.84. The molecule has 4 heteroatoms.